The summed E-state index contributed by atoms with van der Waals surface area (Å²) in [4.78, 5) is 20.7. The van der Waals surface area contributed by atoms with Gasteiger partial charge in [0.05, 0.1) is 11.0 Å². The van der Waals surface area contributed by atoms with Gasteiger partial charge in [0.15, 0.2) is 18.1 Å². The summed E-state index contributed by atoms with van der Waals surface area (Å²) < 4.78 is 10.6. The third-order valence-electron chi connectivity index (χ3n) is 2.46. The number of nitro benzene ring substituents is 1. The van der Waals surface area contributed by atoms with Gasteiger partial charge in [0.2, 0.25) is 0 Å². The Balaban J connectivity index is 2.21. The van der Waals surface area contributed by atoms with Gasteiger partial charge in [-0.1, -0.05) is 18.2 Å². The number of carbonyl (C=O) groups is 1. The highest BCUT2D eigenvalue weighted by Crippen LogP contribution is 2.32. The second-order valence-corrected chi connectivity index (χ2v) is 3.99. The molecule has 0 heterocycles. The van der Waals surface area contributed by atoms with Crippen LogP contribution in [0, 0.1) is 10.1 Å². The summed E-state index contributed by atoms with van der Waals surface area (Å²) in [5.41, 5.74) is -0.101. The van der Waals surface area contributed by atoms with Gasteiger partial charge in [0.1, 0.15) is 5.75 Å². The summed E-state index contributed by atoms with van der Waals surface area (Å²) >= 11 is 0. The summed E-state index contributed by atoms with van der Waals surface area (Å²) in [7, 11) is 0. The summed E-state index contributed by atoms with van der Waals surface area (Å²) in [6.45, 7) is -0.505. The maximum Gasteiger partial charge on any atom is 0.341 e. The summed E-state index contributed by atoms with van der Waals surface area (Å²) in [5, 5.41) is 19.3. The topological polar surface area (TPSA) is 98.9 Å². The lowest BCUT2D eigenvalue weighted by Gasteiger charge is -2.11. The van der Waals surface area contributed by atoms with Crippen molar-refractivity contribution in [2.24, 2.45) is 0 Å². The minimum atomic E-state index is -1.11. The van der Waals surface area contributed by atoms with Crippen LogP contribution in [0.1, 0.15) is 0 Å². The maximum atomic E-state index is 10.7. The van der Waals surface area contributed by atoms with Crippen LogP contribution in [0.5, 0.6) is 17.2 Å². The van der Waals surface area contributed by atoms with Crippen LogP contribution in [0.2, 0.25) is 0 Å². The Hall–Kier alpha value is -3.09. The SMILES string of the molecule is O=C(O)COc1ccccc1Oc1cccc([N+](=O)[O-])c1. The first-order valence-corrected chi connectivity index (χ1v) is 5.92. The van der Waals surface area contributed by atoms with E-state index in [2.05, 4.69) is 0 Å². The van der Waals surface area contributed by atoms with E-state index in [-0.39, 0.29) is 22.9 Å². The molecule has 1 N–H and O–H groups in total. The number of nitro groups is 1. The smallest absolute Gasteiger partial charge is 0.341 e. The molecule has 0 spiro atoms. The van der Waals surface area contributed by atoms with E-state index in [1.165, 1.54) is 18.2 Å². The molecule has 0 aliphatic rings. The highest BCUT2D eigenvalue weighted by atomic mass is 16.6. The highest BCUT2D eigenvalue weighted by molar-refractivity contribution is 5.68. The third-order valence-corrected chi connectivity index (χ3v) is 2.46. The number of hydrogen-bond donors (Lipinski definition) is 1. The average molecular weight is 289 g/mol. The molecule has 0 fully saturated rings. The van der Waals surface area contributed by atoms with E-state index in [4.69, 9.17) is 14.6 Å². The van der Waals surface area contributed by atoms with E-state index in [9.17, 15) is 14.9 Å². The van der Waals surface area contributed by atoms with Crippen molar-refractivity contribution < 1.29 is 24.3 Å². The molecule has 2 rings (SSSR count). The zero-order valence-corrected chi connectivity index (χ0v) is 10.8. The molecule has 21 heavy (non-hydrogen) atoms. The fourth-order valence-corrected chi connectivity index (χ4v) is 1.58. The van der Waals surface area contributed by atoms with Crippen molar-refractivity contribution in [2.45, 2.75) is 0 Å². The van der Waals surface area contributed by atoms with Crippen molar-refractivity contribution in [3.63, 3.8) is 0 Å². The standard InChI is InChI=1S/C14H11NO6/c16-14(17)9-20-12-6-1-2-7-13(12)21-11-5-3-4-10(8-11)15(18)19/h1-8H,9H2,(H,16,17). The molecule has 0 saturated carbocycles. The van der Waals surface area contributed by atoms with Gasteiger partial charge in [-0.05, 0) is 18.2 Å². The highest BCUT2D eigenvalue weighted by Gasteiger charge is 2.10. The molecule has 0 aromatic heterocycles. The van der Waals surface area contributed by atoms with E-state index in [0.29, 0.717) is 0 Å². The zero-order chi connectivity index (χ0) is 15.2. The molecule has 0 saturated heterocycles. The monoisotopic (exact) mass is 289 g/mol. The van der Waals surface area contributed by atoms with Gasteiger partial charge < -0.3 is 14.6 Å². The molecule has 0 atom stereocenters. The molecule has 2 aromatic rings. The number of aliphatic carboxylic acids is 1. The molecule has 7 nitrogen and oxygen atoms in total. The lowest BCUT2D eigenvalue weighted by Crippen LogP contribution is -2.09. The number of hydrogen-bond acceptors (Lipinski definition) is 5. The van der Waals surface area contributed by atoms with Crippen molar-refractivity contribution in [1.82, 2.24) is 0 Å². The van der Waals surface area contributed by atoms with Gasteiger partial charge in [-0.3, -0.25) is 10.1 Å². The number of ether oxygens (including phenoxy) is 2. The number of non-ortho nitro benzene ring substituents is 1. The van der Waals surface area contributed by atoms with Crippen LogP contribution in [0.25, 0.3) is 0 Å². The molecule has 0 bridgehead atoms. The van der Waals surface area contributed by atoms with Crippen molar-refractivity contribution in [3.05, 3.63) is 58.6 Å². The Labute approximate surface area is 119 Å². The fourth-order valence-electron chi connectivity index (χ4n) is 1.58. The summed E-state index contributed by atoms with van der Waals surface area (Å²) in [6.07, 6.45) is 0. The van der Waals surface area contributed by atoms with Gasteiger partial charge in [-0.2, -0.15) is 0 Å². The van der Waals surface area contributed by atoms with Crippen LogP contribution in [0.15, 0.2) is 48.5 Å². The van der Waals surface area contributed by atoms with Gasteiger partial charge >= 0.3 is 5.97 Å². The van der Waals surface area contributed by atoms with Crippen LogP contribution in [-0.2, 0) is 4.79 Å². The molecule has 0 amide bonds. The minimum absolute atomic E-state index is 0.101. The van der Waals surface area contributed by atoms with Gasteiger partial charge in [0.25, 0.3) is 5.69 Å². The largest absolute Gasteiger partial charge is 0.479 e. The first kappa shape index (κ1) is 14.3. The summed E-state index contributed by atoms with van der Waals surface area (Å²) in [5.74, 6) is -0.332. The first-order valence-electron chi connectivity index (χ1n) is 5.92. The second-order valence-electron chi connectivity index (χ2n) is 3.99. The van der Waals surface area contributed by atoms with Crippen LogP contribution in [0.4, 0.5) is 5.69 Å². The molecule has 108 valence electrons. The molecule has 0 aliphatic carbocycles. The molecule has 7 heteroatoms. The molecule has 0 aliphatic heterocycles. The predicted molar refractivity (Wildman–Crippen MR) is 72.7 cm³/mol. The van der Waals surface area contributed by atoms with Crippen LogP contribution in [-0.4, -0.2) is 22.6 Å². The summed E-state index contributed by atoms with van der Waals surface area (Å²) in [6, 6.07) is 12.1. The van der Waals surface area contributed by atoms with E-state index in [1.807, 2.05) is 0 Å². The van der Waals surface area contributed by atoms with E-state index in [0.717, 1.165) is 0 Å². The predicted octanol–water partition coefficient (Wildman–Crippen LogP) is 2.85. The first-order chi connectivity index (χ1) is 10.1. The number of nitrogens with zero attached hydrogens (tertiary/aromatic N) is 1. The molecular weight excluding hydrogens is 278 g/mol. The van der Waals surface area contributed by atoms with Gasteiger partial charge in [-0.15, -0.1) is 0 Å². The Morgan fingerprint density at radius 2 is 1.86 bits per heavy atom. The number of benzene rings is 2. The van der Waals surface area contributed by atoms with Gasteiger partial charge in [-0.25, -0.2) is 4.79 Å². The van der Waals surface area contributed by atoms with Crippen LogP contribution in [0.3, 0.4) is 0 Å². The maximum absolute atomic E-state index is 10.7. The lowest BCUT2D eigenvalue weighted by molar-refractivity contribution is -0.384. The van der Waals surface area contributed by atoms with E-state index >= 15 is 0 Å². The molecular formula is C14H11NO6. The zero-order valence-electron chi connectivity index (χ0n) is 10.8. The number of carboxylic acid groups (broad SMARTS) is 1. The third kappa shape index (κ3) is 3.93. The molecule has 0 radical (unpaired) electrons. The Kier molecular flexibility index (Phi) is 4.35. The minimum Gasteiger partial charge on any atom is -0.479 e. The fraction of sp³-hybridized carbons (Fsp3) is 0.0714. The van der Waals surface area contributed by atoms with Crippen molar-refractivity contribution >= 4 is 11.7 Å². The average Bonchev–Trinajstić information content (AvgIpc) is 2.46. The quantitative estimate of drug-likeness (QED) is 0.648. The normalized spacial score (nSPS) is 9.90. The van der Waals surface area contributed by atoms with Gasteiger partial charge in [0, 0.05) is 6.07 Å². The van der Waals surface area contributed by atoms with Crippen LogP contribution >= 0.6 is 0 Å². The van der Waals surface area contributed by atoms with Crippen LogP contribution < -0.4 is 9.47 Å². The Morgan fingerprint density at radius 3 is 2.52 bits per heavy atom. The van der Waals surface area contributed by atoms with Crippen molar-refractivity contribution in [1.29, 1.82) is 0 Å². The van der Waals surface area contributed by atoms with Crippen molar-refractivity contribution in [3.8, 4) is 17.2 Å². The Bertz CT molecular complexity index is 670. The molecule has 2 aromatic carbocycles. The van der Waals surface area contributed by atoms with Crippen molar-refractivity contribution in [2.75, 3.05) is 6.61 Å². The lowest BCUT2D eigenvalue weighted by atomic mass is 10.3. The number of rotatable bonds is 6. The number of carboxylic acids is 1. The van der Waals surface area contributed by atoms with E-state index in [1.54, 1.807) is 30.3 Å². The van der Waals surface area contributed by atoms with E-state index < -0.39 is 17.5 Å². The molecule has 0 unspecified atom stereocenters. The second kappa shape index (κ2) is 6.38. The number of para-hydroxylation sites is 2. The Morgan fingerprint density at radius 1 is 1.14 bits per heavy atom.